The lowest BCUT2D eigenvalue weighted by atomic mass is 10.2. The standard InChI is InChI=1S/C16H31N5O.HI/c1-17-16(18-5-9-19-6-2-3-7-19)21-8-4-15(14-21)20-10-12-22-13-11-20;/h15H,2-14H2,1H3,(H,17,18);1H. The molecule has 134 valence electrons. The Bertz CT molecular complexity index is 369. The maximum Gasteiger partial charge on any atom is 0.193 e. The van der Waals surface area contributed by atoms with Crippen LogP contribution in [-0.4, -0.2) is 99.3 Å². The molecule has 0 aromatic heterocycles. The van der Waals surface area contributed by atoms with Gasteiger partial charge in [-0.2, -0.15) is 0 Å². The molecule has 3 rings (SSSR count). The molecule has 1 atom stereocenters. The van der Waals surface area contributed by atoms with E-state index in [2.05, 4.69) is 25.0 Å². The van der Waals surface area contributed by atoms with Crippen LogP contribution in [0.3, 0.4) is 0 Å². The number of hydrogen-bond acceptors (Lipinski definition) is 4. The third kappa shape index (κ3) is 5.44. The summed E-state index contributed by atoms with van der Waals surface area (Å²) in [5.41, 5.74) is 0. The molecule has 0 saturated carbocycles. The number of halogens is 1. The Morgan fingerprint density at radius 3 is 2.57 bits per heavy atom. The predicted octanol–water partition coefficient (Wildman–Crippen LogP) is 0.682. The van der Waals surface area contributed by atoms with Gasteiger partial charge in [-0.25, -0.2) is 0 Å². The van der Waals surface area contributed by atoms with Crippen molar-refractivity contribution in [1.29, 1.82) is 0 Å². The number of guanidine groups is 1. The Kier molecular flexibility index (Phi) is 8.35. The van der Waals surface area contributed by atoms with Gasteiger partial charge in [0, 0.05) is 52.4 Å². The summed E-state index contributed by atoms with van der Waals surface area (Å²) in [7, 11) is 1.90. The minimum Gasteiger partial charge on any atom is -0.379 e. The van der Waals surface area contributed by atoms with Crippen molar-refractivity contribution in [2.24, 2.45) is 4.99 Å². The highest BCUT2D eigenvalue weighted by atomic mass is 127. The molecule has 0 amide bonds. The highest BCUT2D eigenvalue weighted by Gasteiger charge is 2.30. The number of rotatable bonds is 4. The van der Waals surface area contributed by atoms with Crippen molar-refractivity contribution in [2.45, 2.75) is 25.3 Å². The molecule has 3 saturated heterocycles. The van der Waals surface area contributed by atoms with Gasteiger partial charge in [0.25, 0.3) is 0 Å². The van der Waals surface area contributed by atoms with Gasteiger partial charge in [0.2, 0.25) is 0 Å². The summed E-state index contributed by atoms with van der Waals surface area (Å²) in [6.45, 7) is 10.8. The summed E-state index contributed by atoms with van der Waals surface area (Å²) < 4.78 is 5.46. The molecule has 0 aromatic rings. The zero-order chi connectivity index (χ0) is 15.2. The third-order valence-electron chi connectivity index (χ3n) is 5.15. The van der Waals surface area contributed by atoms with Crippen LogP contribution in [0.2, 0.25) is 0 Å². The van der Waals surface area contributed by atoms with E-state index in [1.165, 1.54) is 32.4 Å². The molecule has 0 bridgehead atoms. The summed E-state index contributed by atoms with van der Waals surface area (Å²) in [4.78, 5) is 12.0. The number of ether oxygens (including phenoxy) is 1. The first-order chi connectivity index (χ1) is 10.9. The zero-order valence-corrected chi connectivity index (χ0v) is 16.7. The molecule has 0 aliphatic carbocycles. The fourth-order valence-corrected chi connectivity index (χ4v) is 3.84. The van der Waals surface area contributed by atoms with Crippen LogP contribution in [0.1, 0.15) is 19.3 Å². The Morgan fingerprint density at radius 1 is 1.13 bits per heavy atom. The van der Waals surface area contributed by atoms with Crippen LogP contribution in [0.4, 0.5) is 0 Å². The second-order valence-corrected chi connectivity index (χ2v) is 6.56. The Hall–Kier alpha value is -0.120. The topological polar surface area (TPSA) is 43.3 Å². The molecule has 3 aliphatic rings. The Morgan fingerprint density at radius 2 is 1.87 bits per heavy atom. The quantitative estimate of drug-likeness (QED) is 0.398. The van der Waals surface area contributed by atoms with Crippen molar-refractivity contribution in [2.75, 3.05) is 72.6 Å². The molecule has 3 aliphatic heterocycles. The van der Waals surface area contributed by atoms with Crippen molar-refractivity contribution >= 4 is 29.9 Å². The smallest absolute Gasteiger partial charge is 0.193 e. The zero-order valence-electron chi connectivity index (χ0n) is 14.4. The summed E-state index contributed by atoms with van der Waals surface area (Å²) in [6, 6.07) is 0.668. The largest absolute Gasteiger partial charge is 0.379 e. The van der Waals surface area contributed by atoms with Gasteiger partial charge in [-0.1, -0.05) is 0 Å². The molecular weight excluding hydrogens is 405 g/mol. The summed E-state index contributed by atoms with van der Waals surface area (Å²) >= 11 is 0. The average molecular weight is 437 g/mol. The Balaban J connectivity index is 0.00000192. The second kappa shape index (κ2) is 10.0. The number of hydrogen-bond donors (Lipinski definition) is 1. The van der Waals surface area contributed by atoms with Crippen molar-refractivity contribution in [3.63, 3.8) is 0 Å². The van der Waals surface area contributed by atoms with Crippen molar-refractivity contribution < 1.29 is 4.74 Å². The van der Waals surface area contributed by atoms with Crippen molar-refractivity contribution in [3.05, 3.63) is 0 Å². The normalized spacial score (nSPS) is 27.3. The highest BCUT2D eigenvalue weighted by Crippen LogP contribution is 2.17. The predicted molar refractivity (Wildman–Crippen MR) is 105 cm³/mol. The van der Waals surface area contributed by atoms with E-state index in [-0.39, 0.29) is 24.0 Å². The van der Waals surface area contributed by atoms with E-state index in [1.54, 1.807) is 0 Å². The monoisotopic (exact) mass is 437 g/mol. The number of likely N-dealkylation sites (tertiary alicyclic amines) is 2. The maximum absolute atomic E-state index is 5.46. The fraction of sp³-hybridized carbons (Fsp3) is 0.938. The molecule has 1 N–H and O–H groups in total. The second-order valence-electron chi connectivity index (χ2n) is 6.56. The third-order valence-corrected chi connectivity index (χ3v) is 5.15. The van der Waals surface area contributed by atoms with Crippen LogP contribution < -0.4 is 5.32 Å². The average Bonchev–Trinajstić information content (AvgIpc) is 3.24. The van der Waals surface area contributed by atoms with Gasteiger partial charge >= 0.3 is 0 Å². The fourth-order valence-electron chi connectivity index (χ4n) is 3.84. The molecule has 3 fully saturated rings. The van der Waals surface area contributed by atoms with E-state index >= 15 is 0 Å². The van der Waals surface area contributed by atoms with Gasteiger partial charge in [-0.05, 0) is 32.4 Å². The number of nitrogens with one attached hydrogen (secondary N) is 1. The van der Waals surface area contributed by atoms with E-state index in [1.807, 2.05) is 7.05 Å². The van der Waals surface area contributed by atoms with Crippen molar-refractivity contribution in [1.82, 2.24) is 20.0 Å². The van der Waals surface area contributed by atoms with E-state index in [0.29, 0.717) is 6.04 Å². The number of aliphatic imine (C=N–C) groups is 1. The molecule has 3 heterocycles. The first-order valence-corrected chi connectivity index (χ1v) is 8.86. The lowest BCUT2D eigenvalue weighted by Crippen LogP contribution is -2.47. The summed E-state index contributed by atoms with van der Waals surface area (Å²) in [6.07, 6.45) is 3.97. The van der Waals surface area contributed by atoms with Gasteiger partial charge in [-0.15, -0.1) is 24.0 Å². The molecular formula is C16H32IN5O. The van der Waals surface area contributed by atoms with Gasteiger partial charge in [0.1, 0.15) is 0 Å². The molecule has 23 heavy (non-hydrogen) atoms. The van der Waals surface area contributed by atoms with Crippen molar-refractivity contribution in [3.8, 4) is 0 Å². The molecule has 1 unspecified atom stereocenters. The SMILES string of the molecule is CN=C(NCCN1CCCC1)N1CCC(N2CCOCC2)C1.I. The van der Waals surface area contributed by atoms with Crippen LogP contribution in [0, 0.1) is 0 Å². The first kappa shape index (κ1) is 19.2. The first-order valence-electron chi connectivity index (χ1n) is 8.86. The number of morpholine rings is 1. The van der Waals surface area contributed by atoms with E-state index in [0.717, 1.165) is 58.4 Å². The van der Waals surface area contributed by atoms with Gasteiger partial charge in [0.15, 0.2) is 5.96 Å². The van der Waals surface area contributed by atoms with E-state index in [4.69, 9.17) is 4.74 Å². The molecule has 6 nitrogen and oxygen atoms in total. The van der Waals surface area contributed by atoms with Gasteiger partial charge < -0.3 is 19.9 Å². The van der Waals surface area contributed by atoms with E-state index < -0.39 is 0 Å². The lowest BCUT2D eigenvalue weighted by molar-refractivity contribution is 0.0195. The summed E-state index contributed by atoms with van der Waals surface area (Å²) in [5.74, 6) is 1.08. The van der Waals surface area contributed by atoms with Gasteiger partial charge in [-0.3, -0.25) is 9.89 Å². The molecule has 0 spiro atoms. The van der Waals surface area contributed by atoms with Crippen LogP contribution in [-0.2, 0) is 4.74 Å². The van der Waals surface area contributed by atoms with Crippen LogP contribution >= 0.6 is 24.0 Å². The molecule has 0 aromatic carbocycles. The molecule has 0 radical (unpaired) electrons. The minimum atomic E-state index is 0. The number of nitrogens with zero attached hydrogens (tertiary/aromatic N) is 4. The van der Waals surface area contributed by atoms with Crippen LogP contribution in [0.5, 0.6) is 0 Å². The highest BCUT2D eigenvalue weighted by molar-refractivity contribution is 14.0. The van der Waals surface area contributed by atoms with Crippen LogP contribution in [0.25, 0.3) is 0 Å². The molecule has 7 heteroatoms. The summed E-state index contributed by atoms with van der Waals surface area (Å²) in [5, 5.41) is 3.55. The lowest BCUT2D eigenvalue weighted by Gasteiger charge is -2.32. The van der Waals surface area contributed by atoms with E-state index in [9.17, 15) is 0 Å². The minimum absolute atomic E-state index is 0. The maximum atomic E-state index is 5.46. The Labute approximate surface area is 157 Å². The van der Waals surface area contributed by atoms with Gasteiger partial charge in [0.05, 0.1) is 13.2 Å². The van der Waals surface area contributed by atoms with Crippen LogP contribution in [0.15, 0.2) is 4.99 Å².